The molecule has 0 saturated heterocycles. The molecule has 0 unspecified atom stereocenters. The van der Waals surface area contributed by atoms with Crippen LogP contribution < -0.4 is 5.32 Å². The minimum absolute atomic E-state index is 0.649. The van der Waals surface area contributed by atoms with Crippen LogP contribution in [0.25, 0.3) is 10.8 Å². The molecule has 0 spiro atoms. The number of aromatic nitrogens is 3. The number of aryl methyl sites for hydroxylation is 1. The van der Waals surface area contributed by atoms with Gasteiger partial charge >= 0.3 is 0 Å². The van der Waals surface area contributed by atoms with Crippen LogP contribution in [0.15, 0.2) is 26.3 Å². The first-order valence-electron chi connectivity index (χ1n) is 6.95. The average molecular weight is 369 g/mol. The number of nitrogens with zero attached hydrogens (tertiary/aromatic N) is 3. The Kier molecular flexibility index (Phi) is 5.65. The first kappa shape index (κ1) is 16.4. The molecule has 3 aromatic heterocycles. The monoisotopic (exact) mass is 368 g/mol. The van der Waals surface area contributed by atoms with E-state index >= 15 is 0 Å². The molecule has 0 saturated carbocycles. The fraction of sp³-hybridized carbons (Fsp3) is 0.357. The van der Waals surface area contributed by atoms with Crippen molar-refractivity contribution in [2.45, 2.75) is 17.0 Å². The van der Waals surface area contributed by atoms with E-state index in [0.29, 0.717) is 6.61 Å². The predicted octanol–water partition coefficient (Wildman–Crippen LogP) is 3.91. The summed E-state index contributed by atoms with van der Waals surface area (Å²) in [6, 6.07) is 3.90. The van der Waals surface area contributed by atoms with Crippen molar-refractivity contribution in [3.63, 3.8) is 0 Å². The van der Waals surface area contributed by atoms with E-state index in [1.54, 1.807) is 41.5 Å². The molecule has 3 aromatic rings. The van der Waals surface area contributed by atoms with Crippen molar-refractivity contribution in [2.75, 3.05) is 25.6 Å². The van der Waals surface area contributed by atoms with Crippen LogP contribution in [0.4, 0.5) is 5.13 Å². The molecule has 0 bridgehead atoms. The molecule has 3 rings (SSSR count). The largest absolute Gasteiger partial charge is 0.459 e. The van der Waals surface area contributed by atoms with Crippen LogP contribution in [0.2, 0.25) is 0 Å². The van der Waals surface area contributed by atoms with Gasteiger partial charge in [0, 0.05) is 24.8 Å². The molecule has 0 radical (unpaired) electrons. The molecule has 0 aliphatic rings. The smallest absolute Gasteiger partial charge is 0.206 e. The normalized spacial score (nSPS) is 11.0. The van der Waals surface area contributed by atoms with Gasteiger partial charge in [-0.25, -0.2) is 4.98 Å². The highest BCUT2D eigenvalue weighted by Crippen LogP contribution is 2.31. The summed E-state index contributed by atoms with van der Waals surface area (Å²) in [5, 5.41) is 15.2. The summed E-state index contributed by atoms with van der Waals surface area (Å²) < 4.78 is 11.5. The van der Waals surface area contributed by atoms with E-state index in [2.05, 4.69) is 25.9 Å². The average Bonchev–Trinajstić information content (AvgIpc) is 3.26. The van der Waals surface area contributed by atoms with E-state index in [-0.39, 0.29) is 0 Å². The third kappa shape index (κ3) is 4.54. The van der Waals surface area contributed by atoms with E-state index in [9.17, 15) is 0 Å². The van der Waals surface area contributed by atoms with Crippen molar-refractivity contribution in [3.05, 3.63) is 29.0 Å². The second-order valence-corrected chi connectivity index (χ2v) is 7.69. The molecule has 0 fully saturated rings. The Balaban J connectivity index is 1.53. The predicted molar refractivity (Wildman–Crippen MR) is 94.4 cm³/mol. The maximum Gasteiger partial charge on any atom is 0.206 e. The van der Waals surface area contributed by atoms with Crippen molar-refractivity contribution >= 4 is 39.6 Å². The SMILES string of the molecule is COCCNc1nnc(SCc2csc(-c3ccc(C)o3)n2)s1. The number of thioether (sulfide) groups is 1. The van der Waals surface area contributed by atoms with Gasteiger partial charge in [0.05, 0.1) is 12.3 Å². The molecule has 9 heteroatoms. The van der Waals surface area contributed by atoms with Crippen molar-refractivity contribution in [3.8, 4) is 10.8 Å². The van der Waals surface area contributed by atoms with Gasteiger partial charge in [-0.3, -0.25) is 0 Å². The molecule has 3 heterocycles. The Bertz CT molecular complexity index is 753. The zero-order chi connectivity index (χ0) is 16.1. The van der Waals surface area contributed by atoms with E-state index in [0.717, 1.165) is 44.0 Å². The van der Waals surface area contributed by atoms with Gasteiger partial charge in [0.2, 0.25) is 5.13 Å². The van der Waals surface area contributed by atoms with Gasteiger partial charge in [0.15, 0.2) is 15.1 Å². The van der Waals surface area contributed by atoms with Gasteiger partial charge in [0.1, 0.15) is 5.76 Å². The maximum absolute atomic E-state index is 5.60. The van der Waals surface area contributed by atoms with E-state index < -0.39 is 0 Å². The number of furan rings is 1. The van der Waals surface area contributed by atoms with Crippen LogP contribution >= 0.6 is 34.4 Å². The molecule has 122 valence electrons. The summed E-state index contributed by atoms with van der Waals surface area (Å²) >= 11 is 4.77. The second-order valence-electron chi connectivity index (χ2n) is 4.64. The Morgan fingerprint density at radius 2 is 2.26 bits per heavy atom. The summed E-state index contributed by atoms with van der Waals surface area (Å²) in [4.78, 5) is 4.60. The second kappa shape index (κ2) is 7.91. The molecule has 1 N–H and O–H groups in total. The Morgan fingerprint density at radius 3 is 3.04 bits per heavy atom. The lowest BCUT2D eigenvalue weighted by molar-refractivity contribution is 0.211. The van der Waals surface area contributed by atoms with Crippen LogP contribution in [-0.4, -0.2) is 35.4 Å². The lowest BCUT2D eigenvalue weighted by Crippen LogP contribution is -2.06. The summed E-state index contributed by atoms with van der Waals surface area (Å²) in [6.07, 6.45) is 0. The Hall–Kier alpha value is -1.42. The minimum atomic E-state index is 0.649. The first-order valence-corrected chi connectivity index (χ1v) is 9.63. The van der Waals surface area contributed by atoms with Crippen molar-refractivity contribution in [2.24, 2.45) is 0 Å². The summed E-state index contributed by atoms with van der Waals surface area (Å²) in [5.74, 6) is 2.49. The van der Waals surface area contributed by atoms with E-state index in [4.69, 9.17) is 9.15 Å². The number of hydrogen-bond donors (Lipinski definition) is 1. The minimum Gasteiger partial charge on any atom is -0.459 e. The highest BCUT2D eigenvalue weighted by Gasteiger charge is 2.10. The number of anilines is 1. The molecule has 0 amide bonds. The van der Waals surface area contributed by atoms with Crippen molar-refractivity contribution in [1.82, 2.24) is 15.2 Å². The Morgan fingerprint density at radius 1 is 1.35 bits per heavy atom. The summed E-state index contributed by atoms with van der Waals surface area (Å²) in [6.45, 7) is 3.31. The number of nitrogens with one attached hydrogen (secondary N) is 1. The van der Waals surface area contributed by atoms with Gasteiger partial charge in [-0.05, 0) is 19.1 Å². The van der Waals surface area contributed by atoms with Gasteiger partial charge < -0.3 is 14.5 Å². The van der Waals surface area contributed by atoms with Crippen molar-refractivity contribution < 1.29 is 9.15 Å². The molecule has 0 aliphatic heterocycles. The molecule has 0 aliphatic carbocycles. The van der Waals surface area contributed by atoms with Gasteiger partial charge in [-0.15, -0.1) is 21.5 Å². The van der Waals surface area contributed by atoms with Crippen LogP contribution in [-0.2, 0) is 10.5 Å². The van der Waals surface area contributed by atoms with Crippen LogP contribution in [0, 0.1) is 6.92 Å². The molecule has 0 atom stereocenters. The highest BCUT2D eigenvalue weighted by atomic mass is 32.2. The van der Waals surface area contributed by atoms with Gasteiger partial charge in [-0.2, -0.15) is 0 Å². The quantitative estimate of drug-likeness (QED) is 0.477. The Labute approximate surface area is 146 Å². The molecule has 6 nitrogen and oxygen atoms in total. The fourth-order valence-electron chi connectivity index (χ4n) is 1.77. The van der Waals surface area contributed by atoms with E-state index in [1.807, 2.05) is 19.1 Å². The number of ether oxygens (including phenoxy) is 1. The first-order chi connectivity index (χ1) is 11.2. The van der Waals surface area contributed by atoms with Crippen molar-refractivity contribution in [1.29, 1.82) is 0 Å². The zero-order valence-electron chi connectivity index (χ0n) is 12.7. The summed E-state index contributed by atoms with van der Waals surface area (Å²) in [7, 11) is 1.68. The lowest BCUT2D eigenvalue weighted by atomic mass is 10.4. The van der Waals surface area contributed by atoms with Gasteiger partial charge in [0.25, 0.3) is 0 Å². The number of rotatable bonds is 8. The standard InChI is InChI=1S/C14H16N4O2S3/c1-9-3-4-11(20-9)12-16-10(7-21-12)8-22-14-18-17-13(23-14)15-5-6-19-2/h3-4,7H,5-6,8H2,1-2H3,(H,15,17). The lowest BCUT2D eigenvalue weighted by Gasteiger charge is -1.98. The van der Waals surface area contributed by atoms with Crippen LogP contribution in [0.3, 0.4) is 0 Å². The third-order valence-corrected chi connectivity index (χ3v) is 5.79. The topological polar surface area (TPSA) is 73.1 Å². The molecule has 23 heavy (non-hydrogen) atoms. The van der Waals surface area contributed by atoms with Gasteiger partial charge in [-0.1, -0.05) is 23.1 Å². The zero-order valence-corrected chi connectivity index (χ0v) is 15.2. The highest BCUT2D eigenvalue weighted by molar-refractivity contribution is 8.00. The molecular weight excluding hydrogens is 352 g/mol. The number of methoxy groups -OCH3 is 1. The van der Waals surface area contributed by atoms with Crippen LogP contribution in [0.5, 0.6) is 0 Å². The van der Waals surface area contributed by atoms with E-state index in [1.165, 1.54) is 0 Å². The van der Waals surface area contributed by atoms with Crippen LogP contribution in [0.1, 0.15) is 11.5 Å². The molecular formula is C14H16N4O2S3. The maximum atomic E-state index is 5.60. The fourth-order valence-corrected chi connectivity index (χ4v) is 4.33. The molecule has 0 aromatic carbocycles. The summed E-state index contributed by atoms with van der Waals surface area (Å²) in [5.41, 5.74) is 1.02. The number of hydrogen-bond acceptors (Lipinski definition) is 9. The third-order valence-electron chi connectivity index (χ3n) is 2.84. The number of thiazole rings is 1.